The van der Waals surface area contributed by atoms with E-state index in [0.29, 0.717) is 30.9 Å². The van der Waals surface area contributed by atoms with Crippen molar-refractivity contribution in [2.75, 3.05) is 0 Å². The minimum atomic E-state index is -0.278. The van der Waals surface area contributed by atoms with E-state index < -0.39 is 0 Å². The van der Waals surface area contributed by atoms with E-state index in [2.05, 4.69) is 0 Å². The van der Waals surface area contributed by atoms with Crippen LogP contribution in [0.25, 0.3) is 6.08 Å². The second-order valence-electron chi connectivity index (χ2n) is 9.24. The third-order valence-electron chi connectivity index (χ3n) is 6.01. The predicted molar refractivity (Wildman–Crippen MR) is 153 cm³/mol. The summed E-state index contributed by atoms with van der Waals surface area (Å²) in [6.07, 6.45) is 5.69. The Balaban J connectivity index is 1.46. The molecule has 0 saturated carbocycles. The van der Waals surface area contributed by atoms with Crippen molar-refractivity contribution in [3.63, 3.8) is 0 Å². The van der Waals surface area contributed by atoms with Gasteiger partial charge in [0, 0.05) is 5.56 Å². The van der Waals surface area contributed by atoms with Gasteiger partial charge in [0.05, 0.1) is 5.56 Å². The van der Waals surface area contributed by atoms with Gasteiger partial charge in [-0.25, -0.2) is 0 Å². The van der Waals surface area contributed by atoms with Crippen molar-refractivity contribution in [3.8, 4) is 17.2 Å². The van der Waals surface area contributed by atoms with Gasteiger partial charge in [0.1, 0.15) is 30.5 Å². The number of allylic oxidation sites excluding steroid dienone is 3. The van der Waals surface area contributed by atoms with Gasteiger partial charge in [0.2, 0.25) is 0 Å². The molecule has 4 aromatic rings. The minimum absolute atomic E-state index is 0.0487. The first-order valence-electron chi connectivity index (χ1n) is 12.6. The lowest BCUT2D eigenvalue weighted by Crippen LogP contribution is -2.03. The fourth-order valence-corrected chi connectivity index (χ4v) is 3.87. The highest BCUT2D eigenvalue weighted by Crippen LogP contribution is 2.33. The Morgan fingerprint density at radius 1 is 0.763 bits per heavy atom. The fourth-order valence-electron chi connectivity index (χ4n) is 3.87. The van der Waals surface area contributed by atoms with Gasteiger partial charge in [-0.05, 0) is 67.3 Å². The summed E-state index contributed by atoms with van der Waals surface area (Å²) >= 11 is 0. The quantitative estimate of drug-likeness (QED) is 0.128. The molecule has 1 N–H and O–H groups in total. The molecule has 0 fully saturated rings. The summed E-state index contributed by atoms with van der Waals surface area (Å²) in [6.45, 7) is 4.86. The van der Waals surface area contributed by atoms with E-state index in [9.17, 15) is 9.90 Å². The largest absolute Gasteiger partial charge is 0.507 e. The number of phenols is 1. The van der Waals surface area contributed by atoms with Crippen LogP contribution in [0.4, 0.5) is 0 Å². The van der Waals surface area contributed by atoms with Gasteiger partial charge in [0.15, 0.2) is 5.78 Å². The van der Waals surface area contributed by atoms with Gasteiger partial charge >= 0.3 is 0 Å². The number of aromatic hydroxyl groups is 1. The zero-order valence-electron chi connectivity index (χ0n) is 21.8. The van der Waals surface area contributed by atoms with Crippen LogP contribution in [0, 0.1) is 0 Å². The summed E-state index contributed by atoms with van der Waals surface area (Å²) in [4.78, 5) is 13.0. The number of benzene rings is 4. The average Bonchev–Trinajstić information content (AvgIpc) is 2.94. The lowest BCUT2D eigenvalue weighted by molar-refractivity contribution is 0.104. The third-order valence-corrected chi connectivity index (χ3v) is 6.01. The summed E-state index contributed by atoms with van der Waals surface area (Å²) in [7, 11) is 0. The van der Waals surface area contributed by atoms with Crippen molar-refractivity contribution < 1.29 is 19.4 Å². The smallest absolute Gasteiger partial charge is 0.189 e. The van der Waals surface area contributed by atoms with Gasteiger partial charge in [-0.15, -0.1) is 0 Å². The van der Waals surface area contributed by atoms with Crippen molar-refractivity contribution in [2.24, 2.45) is 0 Å². The standard InChI is InChI=1S/C34H32O4/c1-25(2)13-19-31-33(38-24-28-11-7-4-8-12-28)22-20-30(34(31)36)32(35)21-16-26-14-17-29(18-15-26)37-23-27-9-5-3-6-10-27/h3-18,20-22,36H,19,23-24H2,1-2H3/b21-16+. The lowest BCUT2D eigenvalue weighted by atomic mass is 10.00. The maximum absolute atomic E-state index is 13.0. The van der Waals surface area contributed by atoms with Crippen LogP contribution in [-0.4, -0.2) is 10.9 Å². The predicted octanol–water partition coefficient (Wildman–Crippen LogP) is 7.96. The molecular weight excluding hydrogens is 472 g/mol. The van der Waals surface area contributed by atoms with Crippen LogP contribution in [0.2, 0.25) is 0 Å². The molecule has 4 aromatic carbocycles. The number of ketones is 1. The van der Waals surface area contributed by atoms with Crippen molar-refractivity contribution >= 4 is 11.9 Å². The van der Waals surface area contributed by atoms with Crippen LogP contribution in [0.1, 0.15) is 46.5 Å². The number of ether oxygens (including phenoxy) is 2. The van der Waals surface area contributed by atoms with Crippen LogP contribution in [0.15, 0.2) is 115 Å². The molecule has 38 heavy (non-hydrogen) atoms. The topological polar surface area (TPSA) is 55.8 Å². The molecule has 0 aliphatic heterocycles. The first-order chi connectivity index (χ1) is 18.5. The number of phenolic OH excluding ortho intramolecular Hbond substituents is 1. The molecule has 0 amide bonds. The van der Waals surface area contributed by atoms with Gasteiger partial charge in [0.25, 0.3) is 0 Å². The zero-order chi connectivity index (χ0) is 26.7. The number of rotatable bonds is 11. The number of hydrogen-bond acceptors (Lipinski definition) is 4. The van der Waals surface area contributed by atoms with Crippen LogP contribution in [0.5, 0.6) is 17.2 Å². The van der Waals surface area contributed by atoms with E-state index in [1.165, 1.54) is 6.08 Å². The molecule has 0 unspecified atom stereocenters. The number of hydrogen-bond donors (Lipinski definition) is 1. The minimum Gasteiger partial charge on any atom is -0.507 e. The van der Waals surface area contributed by atoms with Crippen molar-refractivity contribution in [3.05, 3.63) is 143 Å². The highest BCUT2D eigenvalue weighted by molar-refractivity contribution is 6.09. The van der Waals surface area contributed by atoms with Crippen LogP contribution in [0.3, 0.4) is 0 Å². The fraction of sp³-hybridized carbons (Fsp3) is 0.147. The molecule has 0 aromatic heterocycles. The highest BCUT2D eigenvalue weighted by atomic mass is 16.5. The normalized spacial score (nSPS) is 10.8. The summed E-state index contributed by atoms with van der Waals surface area (Å²) in [5.74, 6) is 0.993. The monoisotopic (exact) mass is 504 g/mol. The van der Waals surface area contributed by atoms with Gasteiger partial charge in [-0.2, -0.15) is 0 Å². The molecule has 0 bridgehead atoms. The second-order valence-corrected chi connectivity index (χ2v) is 9.24. The Morgan fingerprint density at radius 2 is 1.37 bits per heavy atom. The van der Waals surface area contributed by atoms with Crippen LogP contribution >= 0.6 is 0 Å². The summed E-state index contributed by atoms with van der Waals surface area (Å²) < 4.78 is 11.9. The Bertz CT molecular complexity index is 1400. The van der Waals surface area contributed by atoms with E-state index in [1.54, 1.807) is 18.2 Å². The highest BCUT2D eigenvalue weighted by Gasteiger charge is 2.17. The Kier molecular flexibility index (Phi) is 9.14. The van der Waals surface area contributed by atoms with Gasteiger partial charge in [-0.3, -0.25) is 4.79 Å². The maximum Gasteiger partial charge on any atom is 0.189 e. The van der Waals surface area contributed by atoms with Crippen molar-refractivity contribution in [1.29, 1.82) is 0 Å². The van der Waals surface area contributed by atoms with Crippen molar-refractivity contribution in [2.45, 2.75) is 33.5 Å². The molecule has 0 aliphatic carbocycles. The first-order valence-corrected chi connectivity index (χ1v) is 12.6. The molecular formula is C34H32O4. The van der Waals surface area contributed by atoms with Gasteiger partial charge < -0.3 is 14.6 Å². The SMILES string of the molecule is CC(C)=CCc1c(OCc2ccccc2)ccc(C(=O)/C=C/c2ccc(OCc3ccccc3)cc2)c1O. The number of carbonyl (C=O) groups excluding carboxylic acids is 1. The molecule has 4 nitrogen and oxygen atoms in total. The van der Waals surface area contributed by atoms with Gasteiger partial charge in [-0.1, -0.05) is 90.5 Å². The molecule has 4 rings (SSSR count). The van der Waals surface area contributed by atoms with E-state index >= 15 is 0 Å². The molecule has 0 heterocycles. The maximum atomic E-state index is 13.0. The molecule has 0 aliphatic rings. The zero-order valence-corrected chi connectivity index (χ0v) is 21.8. The molecule has 0 atom stereocenters. The summed E-state index contributed by atoms with van der Waals surface area (Å²) in [5, 5.41) is 11.1. The molecule has 4 heteroatoms. The Labute approximate surface area is 224 Å². The average molecular weight is 505 g/mol. The van der Waals surface area contributed by atoms with Crippen molar-refractivity contribution in [1.82, 2.24) is 0 Å². The van der Waals surface area contributed by atoms with E-state index in [4.69, 9.17) is 9.47 Å². The molecule has 192 valence electrons. The Hall–Kier alpha value is -4.57. The number of carbonyl (C=O) groups is 1. The molecule has 0 spiro atoms. The first kappa shape index (κ1) is 26.5. The molecule has 0 saturated heterocycles. The third kappa shape index (κ3) is 7.47. The lowest BCUT2D eigenvalue weighted by Gasteiger charge is -2.14. The second kappa shape index (κ2) is 13.1. The molecule has 0 radical (unpaired) electrons. The van der Waals surface area contributed by atoms with Crippen LogP contribution < -0.4 is 9.47 Å². The van der Waals surface area contributed by atoms with Crippen LogP contribution in [-0.2, 0) is 19.6 Å². The Morgan fingerprint density at radius 3 is 1.97 bits per heavy atom. The van der Waals surface area contributed by atoms with E-state index in [1.807, 2.05) is 105 Å². The van der Waals surface area contributed by atoms with E-state index in [0.717, 1.165) is 28.0 Å². The van der Waals surface area contributed by atoms with E-state index in [-0.39, 0.29) is 17.1 Å². The summed E-state index contributed by atoms with van der Waals surface area (Å²) in [5.41, 5.74) is 4.94. The summed E-state index contributed by atoms with van der Waals surface area (Å²) in [6, 6.07) is 30.7.